The largest absolute Gasteiger partial charge is 0.377 e. The van der Waals surface area contributed by atoms with Crippen LogP contribution in [0.15, 0.2) is 18.2 Å². The Kier molecular flexibility index (Phi) is 5.23. The van der Waals surface area contributed by atoms with E-state index in [9.17, 15) is 4.79 Å². The Morgan fingerprint density at radius 3 is 2.95 bits per heavy atom. The first-order valence-electron chi connectivity index (χ1n) is 6.66. The number of halogens is 1. The van der Waals surface area contributed by atoms with Gasteiger partial charge in [-0.25, -0.2) is 0 Å². The Labute approximate surface area is 124 Å². The first-order valence-corrected chi connectivity index (χ1v) is 7.04. The van der Waals surface area contributed by atoms with Crippen LogP contribution in [0.1, 0.15) is 5.56 Å². The predicted molar refractivity (Wildman–Crippen MR) is 80.2 cm³/mol. The third-order valence-electron chi connectivity index (χ3n) is 3.41. The first kappa shape index (κ1) is 15.1. The Bertz CT molecular complexity index is 481. The van der Waals surface area contributed by atoms with Crippen LogP contribution in [-0.4, -0.2) is 45.8 Å². The monoisotopic (exact) mass is 297 g/mol. The van der Waals surface area contributed by atoms with Crippen LogP contribution in [0.4, 0.5) is 5.69 Å². The van der Waals surface area contributed by atoms with Crippen LogP contribution in [0.25, 0.3) is 0 Å². The Morgan fingerprint density at radius 2 is 2.30 bits per heavy atom. The molecular weight excluding hydrogens is 278 g/mol. The smallest absolute Gasteiger partial charge is 0.244 e. The van der Waals surface area contributed by atoms with Gasteiger partial charge in [0.05, 0.1) is 13.2 Å². The van der Waals surface area contributed by atoms with Gasteiger partial charge in [-0.3, -0.25) is 4.79 Å². The van der Waals surface area contributed by atoms with E-state index in [-0.39, 0.29) is 11.9 Å². The molecule has 0 aromatic heterocycles. The number of ether oxygens (including phenoxy) is 1. The number of anilines is 1. The Hall–Kier alpha value is -1.30. The van der Waals surface area contributed by atoms with E-state index in [0.717, 1.165) is 17.8 Å². The van der Waals surface area contributed by atoms with Gasteiger partial charge < -0.3 is 20.3 Å². The molecule has 110 valence electrons. The lowest BCUT2D eigenvalue weighted by molar-refractivity contribution is -0.124. The number of nitrogens with zero attached hydrogens (tertiary/aromatic N) is 1. The van der Waals surface area contributed by atoms with Crippen LogP contribution >= 0.6 is 11.6 Å². The Balaban J connectivity index is 2.23. The quantitative estimate of drug-likeness (QED) is 0.871. The normalized spacial score (nSPS) is 18.9. The molecule has 20 heavy (non-hydrogen) atoms. The van der Waals surface area contributed by atoms with Crippen molar-refractivity contribution in [3.63, 3.8) is 0 Å². The summed E-state index contributed by atoms with van der Waals surface area (Å²) in [4.78, 5) is 14.0. The third-order valence-corrected chi connectivity index (χ3v) is 3.76. The number of benzene rings is 1. The highest BCUT2D eigenvalue weighted by Gasteiger charge is 2.29. The number of carbonyl (C=O) groups is 1. The van der Waals surface area contributed by atoms with Gasteiger partial charge in [-0.05, 0) is 24.7 Å². The second-order valence-electron chi connectivity index (χ2n) is 4.70. The number of rotatable bonds is 4. The van der Waals surface area contributed by atoms with Crippen molar-refractivity contribution in [3.8, 4) is 0 Å². The highest BCUT2D eigenvalue weighted by molar-refractivity contribution is 6.31. The molecule has 1 amide bonds. The number of nitrogens with one attached hydrogen (secondary N) is 2. The molecule has 5 nitrogen and oxygen atoms in total. The van der Waals surface area contributed by atoms with Crippen molar-refractivity contribution >= 4 is 23.2 Å². The van der Waals surface area contributed by atoms with Crippen molar-refractivity contribution in [3.05, 3.63) is 28.8 Å². The fourth-order valence-corrected chi connectivity index (χ4v) is 2.59. The fourth-order valence-electron chi connectivity index (χ4n) is 2.35. The summed E-state index contributed by atoms with van der Waals surface area (Å²) >= 11 is 6.29. The molecule has 1 saturated heterocycles. The molecule has 1 atom stereocenters. The summed E-state index contributed by atoms with van der Waals surface area (Å²) in [7, 11) is 3.52. The molecule has 1 aromatic carbocycles. The van der Waals surface area contributed by atoms with E-state index in [0.29, 0.717) is 24.8 Å². The summed E-state index contributed by atoms with van der Waals surface area (Å²) in [6.45, 7) is 2.42. The van der Waals surface area contributed by atoms with Crippen LogP contribution in [0.2, 0.25) is 5.02 Å². The van der Waals surface area contributed by atoms with Crippen LogP contribution in [0, 0.1) is 0 Å². The first-order chi connectivity index (χ1) is 9.67. The van der Waals surface area contributed by atoms with E-state index in [1.807, 2.05) is 30.1 Å². The second kappa shape index (κ2) is 6.92. The molecule has 1 aliphatic heterocycles. The zero-order valence-corrected chi connectivity index (χ0v) is 12.5. The number of likely N-dealkylation sites (N-methyl/N-ethyl adjacent to an activating group) is 1. The molecule has 0 saturated carbocycles. The molecule has 1 aliphatic rings. The van der Waals surface area contributed by atoms with E-state index in [1.54, 1.807) is 7.05 Å². The van der Waals surface area contributed by atoms with Gasteiger partial charge >= 0.3 is 0 Å². The van der Waals surface area contributed by atoms with Crippen molar-refractivity contribution in [2.45, 2.75) is 12.6 Å². The van der Waals surface area contributed by atoms with Crippen LogP contribution in [0.3, 0.4) is 0 Å². The lowest BCUT2D eigenvalue weighted by Gasteiger charge is -2.36. The van der Waals surface area contributed by atoms with Gasteiger partial charge in [-0.1, -0.05) is 17.7 Å². The minimum Gasteiger partial charge on any atom is -0.377 e. The van der Waals surface area contributed by atoms with Gasteiger partial charge in [0, 0.05) is 30.8 Å². The highest BCUT2D eigenvalue weighted by atomic mass is 35.5. The molecule has 1 aromatic rings. The zero-order chi connectivity index (χ0) is 14.5. The van der Waals surface area contributed by atoms with Crippen molar-refractivity contribution in [2.75, 3.05) is 38.8 Å². The van der Waals surface area contributed by atoms with Gasteiger partial charge in [-0.15, -0.1) is 0 Å². The van der Waals surface area contributed by atoms with Crippen molar-refractivity contribution in [1.29, 1.82) is 0 Å². The SMILES string of the molecule is CNCc1ccc(N2CCOCC2C(=O)NC)cc1Cl. The number of hydrogen-bond acceptors (Lipinski definition) is 4. The molecule has 1 fully saturated rings. The molecule has 0 radical (unpaired) electrons. The summed E-state index contributed by atoms with van der Waals surface area (Å²) in [5.74, 6) is -0.0416. The van der Waals surface area contributed by atoms with Gasteiger partial charge in [0.25, 0.3) is 0 Å². The summed E-state index contributed by atoms with van der Waals surface area (Å²) in [5, 5.41) is 6.46. The maximum Gasteiger partial charge on any atom is 0.244 e. The number of hydrogen-bond donors (Lipinski definition) is 2. The zero-order valence-electron chi connectivity index (χ0n) is 11.8. The molecule has 0 aliphatic carbocycles. The third kappa shape index (κ3) is 3.23. The van der Waals surface area contributed by atoms with E-state index in [4.69, 9.17) is 16.3 Å². The molecule has 2 rings (SSSR count). The van der Waals surface area contributed by atoms with Crippen molar-refractivity contribution < 1.29 is 9.53 Å². The van der Waals surface area contributed by atoms with Gasteiger partial charge in [0.1, 0.15) is 6.04 Å². The van der Waals surface area contributed by atoms with E-state index in [1.165, 1.54) is 0 Å². The van der Waals surface area contributed by atoms with E-state index >= 15 is 0 Å². The molecule has 0 bridgehead atoms. The molecule has 1 heterocycles. The lowest BCUT2D eigenvalue weighted by Crippen LogP contribution is -2.53. The summed E-state index contributed by atoms with van der Waals surface area (Å²) in [6.07, 6.45) is 0. The average molecular weight is 298 g/mol. The van der Waals surface area contributed by atoms with E-state index < -0.39 is 0 Å². The number of amides is 1. The Morgan fingerprint density at radius 1 is 1.50 bits per heavy atom. The van der Waals surface area contributed by atoms with Crippen LogP contribution in [0.5, 0.6) is 0 Å². The molecule has 6 heteroatoms. The molecular formula is C14H20ClN3O2. The summed E-state index contributed by atoms with van der Waals surface area (Å²) in [6, 6.07) is 5.60. The topological polar surface area (TPSA) is 53.6 Å². The minimum absolute atomic E-state index is 0.0416. The molecule has 2 N–H and O–H groups in total. The van der Waals surface area contributed by atoms with Gasteiger partial charge in [-0.2, -0.15) is 0 Å². The minimum atomic E-state index is -0.306. The van der Waals surface area contributed by atoms with Crippen LogP contribution in [-0.2, 0) is 16.1 Å². The fraction of sp³-hybridized carbons (Fsp3) is 0.500. The standard InChI is InChI=1S/C14H20ClN3O2/c1-16-8-10-3-4-11(7-12(10)15)18-5-6-20-9-13(18)14(19)17-2/h3-4,7,13,16H,5-6,8-9H2,1-2H3,(H,17,19). The second-order valence-corrected chi connectivity index (χ2v) is 5.11. The summed E-state index contributed by atoms with van der Waals surface area (Å²) in [5.41, 5.74) is 1.99. The average Bonchev–Trinajstić information content (AvgIpc) is 2.48. The predicted octanol–water partition coefficient (Wildman–Crippen LogP) is 1.01. The highest BCUT2D eigenvalue weighted by Crippen LogP contribution is 2.26. The van der Waals surface area contributed by atoms with Gasteiger partial charge in [0.15, 0.2) is 0 Å². The van der Waals surface area contributed by atoms with Crippen molar-refractivity contribution in [2.24, 2.45) is 0 Å². The number of morpholine rings is 1. The maximum absolute atomic E-state index is 11.9. The lowest BCUT2D eigenvalue weighted by atomic mass is 10.1. The van der Waals surface area contributed by atoms with Crippen LogP contribution < -0.4 is 15.5 Å². The maximum atomic E-state index is 11.9. The molecule has 1 unspecified atom stereocenters. The molecule has 0 spiro atoms. The number of carbonyl (C=O) groups excluding carboxylic acids is 1. The van der Waals surface area contributed by atoms with Crippen molar-refractivity contribution in [1.82, 2.24) is 10.6 Å². The summed E-state index contributed by atoms with van der Waals surface area (Å²) < 4.78 is 5.40. The van der Waals surface area contributed by atoms with E-state index in [2.05, 4.69) is 10.6 Å². The van der Waals surface area contributed by atoms with Gasteiger partial charge in [0.2, 0.25) is 5.91 Å².